The lowest BCUT2D eigenvalue weighted by Gasteiger charge is -2.19. The average molecular weight is 278 g/mol. The van der Waals surface area contributed by atoms with Crippen LogP contribution in [0.1, 0.15) is 52.5 Å². The van der Waals surface area contributed by atoms with Crippen molar-refractivity contribution < 1.29 is 14.3 Å². The van der Waals surface area contributed by atoms with E-state index in [9.17, 15) is 4.79 Å². The van der Waals surface area contributed by atoms with Gasteiger partial charge in [0.1, 0.15) is 18.5 Å². The van der Waals surface area contributed by atoms with E-state index in [4.69, 9.17) is 9.47 Å². The van der Waals surface area contributed by atoms with Gasteiger partial charge >= 0.3 is 5.97 Å². The van der Waals surface area contributed by atoms with Gasteiger partial charge in [0, 0.05) is 0 Å². The Hall–Kier alpha value is -1.51. The number of hydrogen-bond donors (Lipinski definition) is 0. The quantitative estimate of drug-likeness (QED) is 0.702. The van der Waals surface area contributed by atoms with Crippen LogP contribution in [0.2, 0.25) is 0 Å². The number of rotatable bonds is 7. The fourth-order valence-electron chi connectivity index (χ4n) is 1.81. The second-order valence-corrected chi connectivity index (χ2v) is 5.56. The maximum atomic E-state index is 11.5. The molecule has 0 aliphatic carbocycles. The smallest absolute Gasteiger partial charge is 0.308 e. The number of para-hydroxylation sites is 1. The van der Waals surface area contributed by atoms with Crippen molar-refractivity contribution in [3.63, 3.8) is 0 Å². The van der Waals surface area contributed by atoms with E-state index in [1.54, 1.807) is 0 Å². The molecule has 0 saturated heterocycles. The summed E-state index contributed by atoms with van der Waals surface area (Å²) in [5.74, 6) is 1.05. The van der Waals surface area contributed by atoms with Gasteiger partial charge in [-0.3, -0.25) is 4.79 Å². The topological polar surface area (TPSA) is 35.5 Å². The Morgan fingerprint density at radius 2 is 1.80 bits per heavy atom. The molecule has 1 aromatic rings. The number of esters is 1. The van der Waals surface area contributed by atoms with Gasteiger partial charge in [-0.25, -0.2) is 0 Å². The van der Waals surface area contributed by atoms with Gasteiger partial charge in [0.2, 0.25) is 0 Å². The molecule has 1 rings (SSSR count). The molecule has 3 nitrogen and oxygen atoms in total. The summed E-state index contributed by atoms with van der Waals surface area (Å²) in [6, 6.07) is 8.05. The third kappa shape index (κ3) is 4.87. The molecule has 0 fully saturated rings. The molecule has 0 aliphatic rings. The minimum absolute atomic E-state index is 0.107. The van der Waals surface area contributed by atoms with Crippen LogP contribution < -0.4 is 4.74 Å². The van der Waals surface area contributed by atoms with Crippen LogP contribution in [0.15, 0.2) is 24.3 Å². The summed E-state index contributed by atoms with van der Waals surface area (Å²) in [5.41, 5.74) is 1.21. The van der Waals surface area contributed by atoms with E-state index in [0.29, 0.717) is 12.5 Å². The Morgan fingerprint density at radius 3 is 2.40 bits per heavy atom. The molecule has 0 saturated carbocycles. The van der Waals surface area contributed by atoms with Crippen LogP contribution in [0.5, 0.6) is 5.75 Å². The van der Waals surface area contributed by atoms with Crippen LogP contribution in [0, 0.1) is 5.92 Å². The average Bonchev–Trinajstić information content (AvgIpc) is 2.44. The third-order valence-electron chi connectivity index (χ3n) is 3.32. The van der Waals surface area contributed by atoms with Gasteiger partial charge in [-0.1, -0.05) is 45.9 Å². The molecule has 0 heterocycles. The van der Waals surface area contributed by atoms with Gasteiger partial charge in [0.25, 0.3) is 0 Å². The first-order valence-corrected chi connectivity index (χ1v) is 7.37. The summed E-state index contributed by atoms with van der Waals surface area (Å²) in [4.78, 5) is 11.5. The Labute approximate surface area is 122 Å². The highest BCUT2D eigenvalue weighted by Gasteiger charge is 2.15. The van der Waals surface area contributed by atoms with Gasteiger partial charge in [-0.05, 0) is 30.9 Å². The maximum Gasteiger partial charge on any atom is 0.308 e. The molecule has 20 heavy (non-hydrogen) atoms. The lowest BCUT2D eigenvalue weighted by Crippen LogP contribution is -2.24. The normalized spacial score (nSPS) is 13.9. The van der Waals surface area contributed by atoms with E-state index in [0.717, 1.165) is 12.2 Å². The van der Waals surface area contributed by atoms with E-state index in [2.05, 4.69) is 19.9 Å². The lowest BCUT2D eigenvalue weighted by atomic mass is 9.98. The molecule has 0 radical (unpaired) electrons. The molecule has 112 valence electrons. The standard InChI is InChI=1S/C17H26O3/c1-6-13(4)15-9-7-8-10-16(15)19-11-14(5)20-17(18)12(2)3/h7-10,12-14H,6,11H2,1-5H3/t13-,14-/m0/s1. The molecule has 2 atom stereocenters. The highest BCUT2D eigenvalue weighted by atomic mass is 16.6. The SMILES string of the molecule is CC[C@H](C)c1ccccc1OC[C@H](C)OC(=O)C(C)C. The largest absolute Gasteiger partial charge is 0.489 e. The predicted molar refractivity (Wildman–Crippen MR) is 81.0 cm³/mol. The van der Waals surface area contributed by atoms with Crippen molar-refractivity contribution in [2.24, 2.45) is 5.92 Å². The van der Waals surface area contributed by atoms with Crippen LogP contribution in [0.4, 0.5) is 0 Å². The summed E-state index contributed by atoms with van der Waals surface area (Å²) in [5, 5.41) is 0. The van der Waals surface area contributed by atoms with Crippen LogP contribution in [-0.4, -0.2) is 18.7 Å². The molecule has 1 aromatic carbocycles. The van der Waals surface area contributed by atoms with Crippen molar-refractivity contribution in [2.45, 2.75) is 53.1 Å². The fraction of sp³-hybridized carbons (Fsp3) is 0.588. The van der Waals surface area contributed by atoms with Gasteiger partial charge < -0.3 is 9.47 Å². The van der Waals surface area contributed by atoms with E-state index < -0.39 is 0 Å². The minimum atomic E-state index is -0.241. The van der Waals surface area contributed by atoms with Crippen LogP contribution >= 0.6 is 0 Å². The summed E-state index contributed by atoms with van der Waals surface area (Å²) in [7, 11) is 0. The Kier molecular flexibility index (Phi) is 6.56. The molecule has 0 amide bonds. The molecular weight excluding hydrogens is 252 g/mol. The summed E-state index contributed by atoms with van der Waals surface area (Å²) < 4.78 is 11.1. The first kappa shape index (κ1) is 16.5. The van der Waals surface area contributed by atoms with Crippen molar-refractivity contribution >= 4 is 5.97 Å². The van der Waals surface area contributed by atoms with Crippen molar-refractivity contribution in [1.29, 1.82) is 0 Å². The second-order valence-electron chi connectivity index (χ2n) is 5.56. The van der Waals surface area contributed by atoms with E-state index in [1.165, 1.54) is 5.56 Å². The minimum Gasteiger partial charge on any atom is -0.489 e. The number of carbonyl (C=O) groups is 1. The number of carbonyl (C=O) groups excluding carboxylic acids is 1. The molecule has 0 spiro atoms. The zero-order valence-corrected chi connectivity index (χ0v) is 13.2. The molecule has 3 heteroatoms. The van der Waals surface area contributed by atoms with Gasteiger partial charge in [-0.15, -0.1) is 0 Å². The number of ether oxygens (including phenoxy) is 2. The Morgan fingerprint density at radius 1 is 1.15 bits per heavy atom. The molecule has 0 unspecified atom stereocenters. The Balaban J connectivity index is 2.59. The highest BCUT2D eigenvalue weighted by molar-refractivity contribution is 5.71. The molecule has 0 bridgehead atoms. The fourth-order valence-corrected chi connectivity index (χ4v) is 1.81. The van der Waals surface area contributed by atoms with Crippen LogP contribution in [0.25, 0.3) is 0 Å². The van der Waals surface area contributed by atoms with E-state index in [-0.39, 0.29) is 18.0 Å². The zero-order chi connectivity index (χ0) is 15.1. The highest BCUT2D eigenvalue weighted by Crippen LogP contribution is 2.28. The molecular formula is C17H26O3. The summed E-state index contributed by atoms with van der Waals surface area (Å²) in [6.45, 7) is 10.2. The van der Waals surface area contributed by atoms with Crippen molar-refractivity contribution in [3.8, 4) is 5.75 Å². The first-order valence-electron chi connectivity index (χ1n) is 7.37. The summed E-state index contributed by atoms with van der Waals surface area (Å²) in [6.07, 6.45) is 0.827. The van der Waals surface area contributed by atoms with Gasteiger partial charge in [-0.2, -0.15) is 0 Å². The summed E-state index contributed by atoms with van der Waals surface area (Å²) >= 11 is 0. The monoisotopic (exact) mass is 278 g/mol. The number of hydrogen-bond acceptors (Lipinski definition) is 3. The molecule has 0 aliphatic heterocycles. The maximum absolute atomic E-state index is 11.5. The van der Waals surface area contributed by atoms with Crippen LogP contribution in [0.3, 0.4) is 0 Å². The zero-order valence-electron chi connectivity index (χ0n) is 13.2. The molecule has 0 N–H and O–H groups in total. The van der Waals surface area contributed by atoms with E-state index in [1.807, 2.05) is 39.0 Å². The Bertz CT molecular complexity index is 426. The predicted octanol–water partition coefficient (Wildman–Crippen LogP) is 4.17. The second kappa shape index (κ2) is 7.93. The third-order valence-corrected chi connectivity index (χ3v) is 3.32. The lowest BCUT2D eigenvalue weighted by molar-refractivity contribution is -0.153. The first-order chi connectivity index (χ1) is 9.45. The van der Waals surface area contributed by atoms with E-state index >= 15 is 0 Å². The van der Waals surface area contributed by atoms with Crippen molar-refractivity contribution in [3.05, 3.63) is 29.8 Å². The van der Waals surface area contributed by atoms with Crippen LogP contribution in [-0.2, 0) is 9.53 Å². The van der Waals surface area contributed by atoms with Crippen molar-refractivity contribution in [2.75, 3.05) is 6.61 Å². The molecule has 0 aromatic heterocycles. The van der Waals surface area contributed by atoms with Gasteiger partial charge in [0.15, 0.2) is 0 Å². The number of benzene rings is 1. The van der Waals surface area contributed by atoms with Crippen molar-refractivity contribution in [1.82, 2.24) is 0 Å². The van der Waals surface area contributed by atoms with Gasteiger partial charge in [0.05, 0.1) is 5.92 Å².